The van der Waals surface area contributed by atoms with Gasteiger partial charge in [0.1, 0.15) is 11.9 Å². The molecule has 1 N–H and O–H groups in total. The van der Waals surface area contributed by atoms with E-state index < -0.39 is 11.8 Å². The van der Waals surface area contributed by atoms with Gasteiger partial charge in [-0.25, -0.2) is 9.18 Å². The third kappa shape index (κ3) is 4.40. The molecule has 0 unspecified atom stereocenters. The minimum Gasteiger partial charge on any atom is -0.478 e. The average molecular weight is 381 g/mol. The van der Waals surface area contributed by atoms with Gasteiger partial charge in [0.2, 0.25) is 0 Å². The van der Waals surface area contributed by atoms with Crippen LogP contribution < -0.4 is 0 Å². The second-order valence-corrected chi connectivity index (χ2v) is 7.29. The first-order chi connectivity index (χ1) is 13.5. The molecule has 2 aromatic carbocycles. The van der Waals surface area contributed by atoms with Crippen molar-refractivity contribution >= 4 is 5.97 Å². The van der Waals surface area contributed by atoms with Gasteiger partial charge in [0, 0.05) is 13.2 Å². The summed E-state index contributed by atoms with van der Waals surface area (Å²) in [5.41, 5.74) is 2.13. The van der Waals surface area contributed by atoms with Crippen molar-refractivity contribution in [3.63, 3.8) is 0 Å². The monoisotopic (exact) mass is 381 g/mol. The first kappa shape index (κ1) is 20.0. The van der Waals surface area contributed by atoms with Crippen molar-refractivity contribution in [2.24, 2.45) is 5.92 Å². The third-order valence-electron chi connectivity index (χ3n) is 5.55. The van der Waals surface area contributed by atoms with E-state index in [1.165, 1.54) is 12.1 Å². The fourth-order valence-corrected chi connectivity index (χ4v) is 3.96. The highest BCUT2D eigenvalue weighted by Crippen LogP contribution is 2.38. The Hall–Kier alpha value is -2.71. The van der Waals surface area contributed by atoms with E-state index in [2.05, 4.69) is 0 Å². The number of aromatic carboxylic acids is 1. The first-order valence-electron chi connectivity index (χ1n) is 9.68. The van der Waals surface area contributed by atoms with E-state index in [9.17, 15) is 14.3 Å². The fraction of sp³-hybridized carbons (Fsp3) is 0.391. The van der Waals surface area contributed by atoms with Crippen LogP contribution >= 0.6 is 0 Å². The number of carboxylic acid groups (broad SMARTS) is 1. The first-order valence-corrected chi connectivity index (χ1v) is 9.68. The maximum atomic E-state index is 14.1. The summed E-state index contributed by atoms with van der Waals surface area (Å²) in [6.07, 6.45) is 4.25. The number of nitriles is 1. The molecule has 0 aliphatic heterocycles. The molecule has 3 rings (SSSR count). The molecule has 146 valence electrons. The molecule has 0 atom stereocenters. The Kier molecular flexibility index (Phi) is 6.43. The molecule has 28 heavy (non-hydrogen) atoms. The molecule has 1 fully saturated rings. The maximum Gasteiger partial charge on any atom is 0.336 e. The van der Waals surface area contributed by atoms with Crippen molar-refractivity contribution in [1.29, 1.82) is 5.26 Å². The summed E-state index contributed by atoms with van der Waals surface area (Å²) in [6, 6.07) is 11.4. The lowest BCUT2D eigenvalue weighted by Crippen LogP contribution is -2.18. The van der Waals surface area contributed by atoms with Crippen LogP contribution in [0, 0.1) is 23.1 Å². The van der Waals surface area contributed by atoms with E-state index in [1.807, 2.05) is 19.1 Å². The standard InChI is InChI=1S/C23H24FNO3/c1-2-28-14-15-3-5-16(6-4-15)17-9-10-20(23(26)27)21(11-17)18-7-8-19(13-25)22(24)12-18/h7-12,15-16H,2-6,14H2,1H3,(H,26,27). The number of carboxylic acids is 1. The smallest absolute Gasteiger partial charge is 0.336 e. The van der Waals surface area contributed by atoms with Gasteiger partial charge in [-0.2, -0.15) is 5.26 Å². The number of hydrogen-bond donors (Lipinski definition) is 1. The Balaban J connectivity index is 1.88. The van der Waals surface area contributed by atoms with Crippen LogP contribution in [0.1, 0.15) is 60.0 Å². The average Bonchev–Trinajstić information content (AvgIpc) is 2.72. The summed E-state index contributed by atoms with van der Waals surface area (Å²) >= 11 is 0. The van der Waals surface area contributed by atoms with Crippen LogP contribution in [0.5, 0.6) is 0 Å². The van der Waals surface area contributed by atoms with Crippen molar-refractivity contribution in [1.82, 2.24) is 0 Å². The second-order valence-electron chi connectivity index (χ2n) is 7.29. The molecular weight excluding hydrogens is 357 g/mol. The molecule has 0 saturated heterocycles. The van der Waals surface area contributed by atoms with Gasteiger partial charge in [-0.15, -0.1) is 0 Å². The summed E-state index contributed by atoms with van der Waals surface area (Å²) < 4.78 is 19.6. The molecule has 1 saturated carbocycles. The Labute approximate surface area is 164 Å². The van der Waals surface area contributed by atoms with Gasteiger partial charge < -0.3 is 9.84 Å². The van der Waals surface area contributed by atoms with Crippen molar-refractivity contribution in [2.75, 3.05) is 13.2 Å². The highest BCUT2D eigenvalue weighted by Gasteiger charge is 2.24. The molecule has 5 heteroatoms. The Bertz CT molecular complexity index is 895. The minimum absolute atomic E-state index is 0.0515. The molecule has 4 nitrogen and oxygen atoms in total. The van der Waals surface area contributed by atoms with Crippen molar-refractivity contribution in [2.45, 2.75) is 38.5 Å². The Morgan fingerprint density at radius 1 is 1.21 bits per heavy atom. The summed E-state index contributed by atoms with van der Waals surface area (Å²) in [5, 5.41) is 18.5. The van der Waals surface area contributed by atoms with Gasteiger partial charge in [0.15, 0.2) is 0 Å². The molecule has 2 aromatic rings. The van der Waals surface area contributed by atoms with Crippen LogP contribution in [0.4, 0.5) is 4.39 Å². The number of rotatable bonds is 6. The SMILES string of the molecule is CCOCC1CCC(c2ccc(C(=O)O)c(-c3ccc(C#N)c(F)c3)c2)CC1. The molecule has 1 aliphatic rings. The largest absolute Gasteiger partial charge is 0.478 e. The van der Waals surface area contributed by atoms with E-state index in [4.69, 9.17) is 10.00 Å². The van der Waals surface area contributed by atoms with Gasteiger partial charge in [-0.3, -0.25) is 0 Å². The van der Waals surface area contributed by atoms with Gasteiger partial charge >= 0.3 is 5.97 Å². The van der Waals surface area contributed by atoms with Crippen LogP contribution in [0.15, 0.2) is 36.4 Å². The van der Waals surface area contributed by atoms with Crippen LogP contribution in [0.3, 0.4) is 0 Å². The van der Waals surface area contributed by atoms with Gasteiger partial charge in [0.05, 0.1) is 11.1 Å². The fourth-order valence-electron chi connectivity index (χ4n) is 3.96. The number of ether oxygens (including phenoxy) is 1. The molecule has 1 aliphatic carbocycles. The lowest BCUT2D eigenvalue weighted by Gasteiger charge is -2.29. The van der Waals surface area contributed by atoms with E-state index in [0.29, 0.717) is 23.0 Å². The normalized spacial score (nSPS) is 19.2. The summed E-state index contributed by atoms with van der Waals surface area (Å²) in [6.45, 7) is 3.54. The lowest BCUT2D eigenvalue weighted by molar-refractivity contribution is 0.0697. The summed E-state index contributed by atoms with van der Waals surface area (Å²) in [7, 11) is 0. The van der Waals surface area contributed by atoms with E-state index in [-0.39, 0.29) is 11.1 Å². The molecule has 0 radical (unpaired) electrons. The zero-order valence-corrected chi connectivity index (χ0v) is 16.0. The molecular formula is C23H24FNO3. The van der Waals surface area contributed by atoms with E-state index in [1.54, 1.807) is 18.2 Å². The summed E-state index contributed by atoms with van der Waals surface area (Å²) in [4.78, 5) is 11.7. The molecule has 0 aromatic heterocycles. The molecule has 0 heterocycles. The van der Waals surface area contributed by atoms with Crippen LogP contribution in [0.25, 0.3) is 11.1 Å². The number of carbonyl (C=O) groups is 1. The predicted octanol–water partition coefficient (Wildman–Crippen LogP) is 5.37. The number of nitrogens with zero attached hydrogens (tertiary/aromatic N) is 1. The van der Waals surface area contributed by atoms with Crippen molar-refractivity contribution in [3.05, 3.63) is 58.9 Å². The maximum absolute atomic E-state index is 14.1. The highest BCUT2D eigenvalue weighted by molar-refractivity contribution is 5.96. The van der Waals surface area contributed by atoms with Crippen LogP contribution in [0.2, 0.25) is 0 Å². The zero-order chi connectivity index (χ0) is 20.1. The van der Waals surface area contributed by atoms with Gasteiger partial charge in [-0.05, 0) is 79.3 Å². The predicted molar refractivity (Wildman–Crippen MR) is 105 cm³/mol. The van der Waals surface area contributed by atoms with Gasteiger partial charge in [0.25, 0.3) is 0 Å². The molecule has 0 spiro atoms. The summed E-state index contributed by atoms with van der Waals surface area (Å²) in [5.74, 6) is -0.741. The topological polar surface area (TPSA) is 70.3 Å². The Morgan fingerprint density at radius 2 is 1.96 bits per heavy atom. The van der Waals surface area contributed by atoms with Crippen LogP contribution in [-0.2, 0) is 4.74 Å². The second kappa shape index (κ2) is 8.99. The zero-order valence-electron chi connectivity index (χ0n) is 16.0. The quantitative estimate of drug-likeness (QED) is 0.730. The number of benzene rings is 2. The Morgan fingerprint density at radius 3 is 2.57 bits per heavy atom. The van der Waals surface area contributed by atoms with Crippen molar-refractivity contribution < 1.29 is 19.0 Å². The molecule has 0 amide bonds. The van der Waals surface area contributed by atoms with E-state index >= 15 is 0 Å². The minimum atomic E-state index is -1.05. The van der Waals surface area contributed by atoms with Gasteiger partial charge in [-0.1, -0.05) is 18.2 Å². The number of hydrogen-bond acceptors (Lipinski definition) is 3. The molecule has 0 bridgehead atoms. The van der Waals surface area contributed by atoms with E-state index in [0.717, 1.165) is 44.5 Å². The highest BCUT2D eigenvalue weighted by atomic mass is 19.1. The third-order valence-corrected chi connectivity index (χ3v) is 5.55. The van der Waals surface area contributed by atoms with Crippen LogP contribution in [-0.4, -0.2) is 24.3 Å². The van der Waals surface area contributed by atoms with Crippen molar-refractivity contribution in [3.8, 4) is 17.2 Å². The number of halogens is 1. The lowest BCUT2D eigenvalue weighted by atomic mass is 9.78.